The third-order valence-corrected chi connectivity index (χ3v) is 5.15. The number of phenols is 2. The first kappa shape index (κ1) is 18.9. The topological polar surface area (TPSA) is 149 Å². The van der Waals surface area contributed by atoms with E-state index < -0.39 is 22.1 Å². The Morgan fingerprint density at radius 2 is 2.00 bits per heavy atom. The summed E-state index contributed by atoms with van der Waals surface area (Å²) in [5, 5.41) is 46.4. The minimum absolute atomic E-state index is 0.0103. The third kappa shape index (κ3) is 3.04. The molecule has 0 saturated carbocycles. The highest BCUT2D eigenvalue weighted by molar-refractivity contribution is 9.10. The minimum Gasteiger partial charge on any atom is -0.618 e. The predicted molar refractivity (Wildman–Crippen MR) is 96.3 cm³/mol. The molecule has 0 bridgehead atoms. The normalized spacial score (nSPS) is 11.0. The molecule has 2 N–H and O–H groups in total. The molecule has 0 amide bonds. The maximum absolute atomic E-state index is 12.2. The summed E-state index contributed by atoms with van der Waals surface area (Å²) in [6.07, 6.45) is 0. The summed E-state index contributed by atoms with van der Waals surface area (Å²) in [7, 11) is 0. The molecule has 140 valence electrons. The molecular formula is C15H10BrClN4O6. The number of rotatable bonds is 3. The van der Waals surface area contributed by atoms with Gasteiger partial charge >= 0.3 is 5.69 Å². The summed E-state index contributed by atoms with van der Waals surface area (Å²) >= 11 is 9.34. The molecule has 10 nitrogen and oxygen atoms in total. The number of phenolic OH excluding ortho intramolecular Hbond substituents is 2. The van der Waals surface area contributed by atoms with Gasteiger partial charge in [0.15, 0.2) is 5.75 Å². The van der Waals surface area contributed by atoms with Gasteiger partial charge < -0.3 is 19.9 Å². The average molecular weight is 458 g/mol. The third-order valence-electron chi connectivity index (χ3n) is 3.87. The van der Waals surface area contributed by atoms with Gasteiger partial charge in [-0.3, -0.25) is 10.1 Å². The monoisotopic (exact) mass is 456 g/mol. The summed E-state index contributed by atoms with van der Waals surface area (Å²) in [5.41, 5.74) is 0.386. The van der Waals surface area contributed by atoms with Crippen molar-refractivity contribution in [3.8, 4) is 34.3 Å². The molecule has 2 aromatic heterocycles. The Balaban J connectivity index is 2.17. The van der Waals surface area contributed by atoms with Gasteiger partial charge in [-0.2, -0.15) is 9.71 Å². The van der Waals surface area contributed by atoms with Crippen LogP contribution in [-0.2, 0) is 0 Å². The molecule has 3 aromatic rings. The number of hydrogen-bond acceptors (Lipinski definition) is 8. The van der Waals surface area contributed by atoms with Crippen LogP contribution in [-0.4, -0.2) is 25.3 Å². The van der Waals surface area contributed by atoms with Crippen LogP contribution in [0.5, 0.6) is 11.5 Å². The van der Waals surface area contributed by atoms with Crippen LogP contribution in [0.25, 0.3) is 22.8 Å². The highest BCUT2D eigenvalue weighted by atomic mass is 79.9. The lowest BCUT2D eigenvalue weighted by Crippen LogP contribution is -2.33. The first-order valence-corrected chi connectivity index (χ1v) is 8.43. The fraction of sp³-hybridized carbons (Fsp3) is 0.133. The molecule has 0 saturated heterocycles. The molecule has 1 aromatic carbocycles. The van der Waals surface area contributed by atoms with Crippen molar-refractivity contribution in [1.82, 2.24) is 10.1 Å². The Kier molecular flexibility index (Phi) is 4.66. The van der Waals surface area contributed by atoms with E-state index in [0.29, 0.717) is 10.3 Å². The summed E-state index contributed by atoms with van der Waals surface area (Å²) < 4.78 is 5.79. The van der Waals surface area contributed by atoms with E-state index in [0.717, 1.165) is 12.1 Å². The zero-order valence-corrected chi connectivity index (χ0v) is 16.1. The Labute approximate surface area is 164 Å². The van der Waals surface area contributed by atoms with Gasteiger partial charge in [-0.05, 0) is 18.6 Å². The Morgan fingerprint density at radius 3 is 2.63 bits per heavy atom. The molecule has 0 unspecified atom stereocenters. The van der Waals surface area contributed by atoms with Crippen LogP contribution in [0, 0.1) is 29.2 Å². The molecule has 0 spiro atoms. The highest BCUT2D eigenvalue weighted by Crippen LogP contribution is 2.40. The standard InChI is InChI=1S/C15H10BrClN4O6/c1-5-10(13(16)20(24)6(2)11(5)17)14-18-15(27-19-14)7-3-8(21(25)26)12(23)9(22)4-7/h3-4,22-23H,1-2H3. The van der Waals surface area contributed by atoms with Crippen LogP contribution >= 0.6 is 27.5 Å². The summed E-state index contributed by atoms with van der Waals surface area (Å²) in [5.74, 6) is -1.74. The van der Waals surface area contributed by atoms with E-state index in [1.165, 1.54) is 0 Å². The molecular weight excluding hydrogens is 448 g/mol. The fourth-order valence-electron chi connectivity index (χ4n) is 2.44. The number of nitrogens with zero attached hydrogens (tertiary/aromatic N) is 4. The molecule has 27 heavy (non-hydrogen) atoms. The second-order valence-electron chi connectivity index (χ2n) is 5.53. The molecule has 0 aliphatic carbocycles. The van der Waals surface area contributed by atoms with Gasteiger partial charge in [0.25, 0.3) is 10.5 Å². The van der Waals surface area contributed by atoms with Crippen LogP contribution in [0.2, 0.25) is 5.02 Å². The number of hydrogen-bond donors (Lipinski definition) is 2. The van der Waals surface area contributed by atoms with Crippen LogP contribution in [0.1, 0.15) is 11.3 Å². The minimum atomic E-state index is -0.875. The van der Waals surface area contributed by atoms with Gasteiger partial charge in [-0.25, -0.2) is 0 Å². The molecule has 2 heterocycles. The molecule has 0 atom stereocenters. The van der Waals surface area contributed by atoms with Crippen molar-refractivity contribution in [3.63, 3.8) is 0 Å². The summed E-state index contributed by atoms with van der Waals surface area (Å²) in [6.45, 7) is 3.22. The number of benzene rings is 1. The number of halogens is 2. The van der Waals surface area contributed by atoms with E-state index in [1.807, 2.05) is 0 Å². The van der Waals surface area contributed by atoms with E-state index in [2.05, 4.69) is 26.1 Å². The zero-order chi connectivity index (χ0) is 20.0. The number of aromatic hydroxyl groups is 2. The molecule has 3 rings (SSSR count). The van der Waals surface area contributed by atoms with Crippen molar-refractivity contribution >= 4 is 33.2 Å². The van der Waals surface area contributed by atoms with E-state index in [-0.39, 0.29) is 38.2 Å². The van der Waals surface area contributed by atoms with Gasteiger partial charge in [0.05, 0.1) is 10.5 Å². The lowest BCUT2D eigenvalue weighted by molar-refractivity contribution is -0.623. The maximum atomic E-state index is 12.2. The largest absolute Gasteiger partial charge is 0.618 e. The zero-order valence-electron chi connectivity index (χ0n) is 13.7. The van der Waals surface area contributed by atoms with Crippen LogP contribution in [0.4, 0.5) is 5.69 Å². The van der Waals surface area contributed by atoms with Gasteiger partial charge in [0.2, 0.25) is 17.3 Å². The van der Waals surface area contributed by atoms with Crippen LogP contribution in [0.15, 0.2) is 21.3 Å². The molecule has 12 heteroatoms. The van der Waals surface area contributed by atoms with E-state index >= 15 is 0 Å². The van der Waals surface area contributed by atoms with Crippen LogP contribution < -0.4 is 4.73 Å². The quantitative estimate of drug-likeness (QED) is 0.152. The van der Waals surface area contributed by atoms with Gasteiger partial charge in [0.1, 0.15) is 10.6 Å². The molecule has 0 aliphatic heterocycles. The van der Waals surface area contributed by atoms with Crippen molar-refractivity contribution in [2.75, 3.05) is 0 Å². The number of pyridine rings is 1. The van der Waals surface area contributed by atoms with Crippen molar-refractivity contribution in [1.29, 1.82) is 0 Å². The first-order valence-electron chi connectivity index (χ1n) is 7.26. The number of aromatic nitrogens is 3. The van der Waals surface area contributed by atoms with E-state index in [4.69, 9.17) is 16.1 Å². The van der Waals surface area contributed by atoms with Gasteiger partial charge in [-0.1, -0.05) is 16.8 Å². The van der Waals surface area contributed by atoms with Crippen LogP contribution in [0.3, 0.4) is 0 Å². The second-order valence-corrected chi connectivity index (χ2v) is 6.66. The maximum Gasteiger partial charge on any atom is 0.315 e. The average Bonchev–Trinajstić information content (AvgIpc) is 3.10. The Morgan fingerprint density at radius 1 is 1.33 bits per heavy atom. The van der Waals surface area contributed by atoms with Crippen molar-refractivity contribution < 1.29 is 24.4 Å². The Hall–Kier alpha value is -2.92. The highest BCUT2D eigenvalue weighted by Gasteiger charge is 2.27. The summed E-state index contributed by atoms with van der Waals surface area (Å²) in [6, 6.07) is 2.02. The fourth-order valence-corrected chi connectivity index (χ4v) is 3.35. The second kappa shape index (κ2) is 6.67. The lowest BCUT2D eigenvalue weighted by atomic mass is 10.1. The first-order chi connectivity index (χ1) is 12.6. The summed E-state index contributed by atoms with van der Waals surface area (Å²) in [4.78, 5) is 14.2. The SMILES string of the molecule is Cc1c(Cl)c(C)[n+]([O-])c(Br)c1-c1noc(-c2cc(O)c(O)c([N+](=O)[O-])c2)n1. The van der Waals surface area contributed by atoms with Crippen molar-refractivity contribution in [2.24, 2.45) is 0 Å². The Bertz CT molecular complexity index is 1070. The van der Waals surface area contributed by atoms with Crippen molar-refractivity contribution in [3.05, 3.63) is 48.3 Å². The smallest absolute Gasteiger partial charge is 0.315 e. The lowest BCUT2D eigenvalue weighted by Gasteiger charge is -2.10. The molecule has 0 fully saturated rings. The van der Waals surface area contributed by atoms with Gasteiger partial charge in [0, 0.05) is 28.9 Å². The number of nitro groups is 1. The van der Waals surface area contributed by atoms with E-state index in [1.54, 1.807) is 13.8 Å². The van der Waals surface area contributed by atoms with Crippen molar-refractivity contribution in [2.45, 2.75) is 13.8 Å². The van der Waals surface area contributed by atoms with Gasteiger partial charge in [-0.15, -0.1) is 0 Å². The molecule has 0 radical (unpaired) electrons. The molecule has 0 aliphatic rings. The van der Waals surface area contributed by atoms with E-state index in [9.17, 15) is 25.5 Å². The predicted octanol–water partition coefficient (Wildman–Crippen LogP) is 3.39. The number of nitro benzene ring substituents is 1.